The molecule has 1 heterocycles. The molecule has 0 saturated heterocycles. The summed E-state index contributed by atoms with van der Waals surface area (Å²) >= 11 is 7.26. The van der Waals surface area contributed by atoms with Gasteiger partial charge in [0.15, 0.2) is 0 Å². The molecule has 0 fully saturated rings. The number of furan rings is 1. The fourth-order valence-electron chi connectivity index (χ4n) is 1.51. The smallest absolute Gasteiger partial charge is 0.113 e. The van der Waals surface area contributed by atoms with E-state index in [0.717, 1.165) is 17.2 Å². The van der Waals surface area contributed by atoms with Crippen molar-refractivity contribution in [2.75, 3.05) is 17.7 Å². The molecule has 102 valence electrons. The van der Waals surface area contributed by atoms with Gasteiger partial charge in [0.05, 0.1) is 24.0 Å². The molecule has 19 heavy (non-hydrogen) atoms. The molecule has 5 heteroatoms. The minimum absolute atomic E-state index is 0.240. The van der Waals surface area contributed by atoms with Crippen LogP contribution in [0.15, 0.2) is 52.0 Å². The Kier molecular flexibility index (Phi) is 5.63. The third-order valence-corrected chi connectivity index (χ3v) is 3.93. The van der Waals surface area contributed by atoms with Crippen LogP contribution in [0, 0.1) is 0 Å². The van der Waals surface area contributed by atoms with E-state index in [1.54, 1.807) is 18.0 Å². The van der Waals surface area contributed by atoms with Gasteiger partial charge in [0.25, 0.3) is 0 Å². The van der Waals surface area contributed by atoms with E-state index >= 15 is 0 Å². The lowest BCUT2D eigenvalue weighted by Crippen LogP contribution is -2.20. The molecule has 1 aromatic carbocycles. The van der Waals surface area contributed by atoms with Crippen molar-refractivity contribution in [2.45, 2.75) is 16.8 Å². The number of anilines is 1. The Balaban J connectivity index is 1.81. The van der Waals surface area contributed by atoms with Gasteiger partial charge >= 0.3 is 0 Å². The predicted molar refractivity (Wildman–Crippen MR) is 79.9 cm³/mol. The second kappa shape index (κ2) is 7.48. The normalized spacial score (nSPS) is 12.3. The third kappa shape index (κ3) is 4.82. The van der Waals surface area contributed by atoms with Crippen LogP contribution in [0.4, 0.5) is 5.69 Å². The summed E-state index contributed by atoms with van der Waals surface area (Å²) in [7, 11) is 0. The molecule has 1 unspecified atom stereocenters. The molecule has 0 bridgehead atoms. The van der Waals surface area contributed by atoms with Crippen LogP contribution < -0.4 is 5.32 Å². The Morgan fingerprint density at radius 3 is 2.68 bits per heavy atom. The van der Waals surface area contributed by atoms with Crippen molar-refractivity contribution >= 4 is 29.1 Å². The Hall–Kier alpha value is -1.10. The van der Waals surface area contributed by atoms with Gasteiger partial charge in [-0.15, -0.1) is 23.4 Å². The highest BCUT2D eigenvalue weighted by molar-refractivity contribution is 7.98. The van der Waals surface area contributed by atoms with Crippen LogP contribution in [0.2, 0.25) is 0 Å². The summed E-state index contributed by atoms with van der Waals surface area (Å²) in [6, 6.07) is 11.9. The van der Waals surface area contributed by atoms with E-state index in [1.807, 2.05) is 36.4 Å². The summed E-state index contributed by atoms with van der Waals surface area (Å²) in [6.07, 6.45) is 1.17. The van der Waals surface area contributed by atoms with Gasteiger partial charge in [0, 0.05) is 17.1 Å². The van der Waals surface area contributed by atoms with E-state index in [1.165, 1.54) is 4.90 Å². The van der Waals surface area contributed by atoms with Crippen LogP contribution in [0.1, 0.15) is 5.76 Å². The molecule has 1 aromatic heterocycles. The summed E-state index contributed by atoms with van der Waals surface area (Å²) in [6.45, 7) is 0.461. The molecule has 0 spiro atoms. The summed E-state index contributed by atoms with van der Waals surface area (Å²) in [4.78, 5) is 1.18. The van der Waals surface area contributed by atoms with E-state index in [4.69, 9.17) is 16.0 Å². The van der Waals surface area contributed by atoms with Crippen LogP contribution in [-0.4, -0.2) is 23.6 Å². The minimum atomic E-state index is -0.519. The molecule has 1 atom stereocenters. The maximum atomic E-state index is 9.35. The van der Waals surface area contributed by atoms with Gasteiger partial charge in [-0.05, 0) is 36.4 Å². The lowest BCUT2D eigenvalue weighted by Gasteiger charge is -2.10. The van der Waals surface area contributed by atoms with Gasteiger partial charge in [-0.1, -0.05) is 0 Å². The predicted octanol–water partition coefficient (Wildman–Crippen LogP) is 3.58. The lowest BCUT2D eigenvalue weighted by molar-refractivity contribution is 0.211. The van der Waals surface area contributed by atoms with Crippen molar-refractivity contribution in [1.82, 2.24) is 0 Å². The van der Waals surface area contributed by atoms with E-state index in [-0.39, 0.29) is 5.88 Å². The second-order valence-corrected chi connectivity index (χ2v) is 5.44. The van der Waals surface area contributed by atoms with Gasteiger partial charge in [-0.3, -0.25) is 0 Å². The molecular formula is C14H16ClNO2S. The molecule has 0 aliphatic carbocycles. The first-order valence-corrected chi connectivity index (χ1v) is 7.53. The lowest BCUT2D eigenvalue weighted by atomic mass is 10.3. The number of aliphatic hydroxyl groups excluding tert-OH is 1. The zero-order chi connectivity index (χ0) is 13.5. The Morgan fingerprint density at radius 2 is 2.05 bits per heavy atom. The summed E-state index contributed by atoms with van der Waals surface area (Å²) < 4.78 is 5.28. The maximum Gasteiger partial charge on any atom is 0.113 e. The zero-order valence-electron chi connectivity index (χ0n) is 10.4. The second-order valence-electron chi connectivity index (χ2n) is 4.08. The fraction of sp³-hybridized carbons (Fsp3) is 0.286. The molecule has 0 amide bonds. The van der Waals surface area contributed by atoms with Crippen molar-refractivity contribution in [3.05, 3.63) is 48.4 Å². The number of nitrogens with one attached hydrogen (secondary N) is 1. The summed E-state index contributed by atoms with van der Waals surface area (Å²) in [5.41, 5.74) is 0.978. The zero-order valence-corrected chi connectivity index (χ0v) is 12.0. The van der Waals surface area contributed by atoms with Crippen molar-refractivity contribution in [3.8, 4) is 0 Å². The monoisotopic (exact) mass is 297 g/mol. The Morgan fingerprint density at radius 1 is 1.26 bits per heavy atom. The Bertz CT molecular complexity index is 473. The molecule has 2 N–H and O–H groups in total. The number of halogens is 1. The van der Waals surface area contributed by atoms with Crippen molar-refractivity contribution in [1.29, 1.82) is 0 Å². The molecule has 0 aliphatic rings. The highest BCUT2D eigenvalue weighted by Crippen LogP contribution is 2.24. The van der Waals surface area contributed by atoms with E-state index in [2.05, 4.69) is 5.32 Å². The van der Waals surface area contributed by atoms with Crippen LogP contribution >= 0.6 is 23.4 Å². The van der Waals surface area contributed by atoms with Gasteiger partial charge in [-0.2, -0.15) is 0 Å². The first kappa shape index (κ1) is 14.3. The summed E-state index contributed by atoms with van der Waals surface area (Å²) in [5, 5.41) is 12.5. The molecule has 0 aliphatic heterocycles. The number of thioether (sulfide) groups is 1. The number of benzene rings is 1. The average Bonchev–Trinajstić information content (AvgIpc) is 2.97. The van der Waals surface area contributed by atoms with Gasteiger partial charge in [0.2, 0.25) is 0 Å². The standard InChI is InChI=1S/C14H16ClNO2S/c15-8-12(17)9-16-11-3-5-14(6-4-11)19-10-13-2-1-7-18-13/h1-7,12,16-17H,8-10H2. The SMILES string of the molecule is OC(CCl)CNc1ccc(SCc2ccco2)cc1. The van der Waals surface area contributed by atoms with Gasteiger partial charge < -0.3 is 14.8 Å². The minimum Gasteiger partial charge on any atom is -0.468 e. The quantitative estimate of drug-likeness (QED) is 0.606. The van der Waals surface area contributed by atoms with Crippen molar-refractivity contribution in [2.24, 2.45) is 0 Å². The van der Waals surface area contributed by atoms with Crippen LogP contribution in [0.25, 0.3) is 0 Å². The first-order valence-electron chi connectivity index (χ1n) is 6.01. The van der Waals surface area contributed by atoms with E-state index in [0.29, 0.717) is 6.54 Å². The highest BCUT2D eigenvalue weighted by atomic mass is 35.5. The van der Waals surface area contributed by atoms with E-state index < -0.39 is 6.10 Å². The maximum absolute atomic E-state index is 9.35. The van der Waals surface area contributed by atoms with Gasteiger partial charge in [0.1, 0.15) is 5.76 Å². The third-order valence-electron chi connectivity index (χ3n) is 2.54. The molecule has 3 nitrogen and oxygen atoms in total. The number of hydrogen-bond donors (Lipinski definition) is 2. The number of aliphatic hydroxyl groups is 1. The first-order chi connectivity index (χ1) is 9.28. The topological polar surface area (TPSA) is 45.4 Å². The Labute approximate surface area is 122 Å². The van der Waals surface area contributed by atoms with Crippen molar-refractivity contribution < 1.29 is 9.52 Å². The molecule has 2 aromatic rings. The van der Waals surface area contributed by atoms with Crippen LogP contribution in [-0.2, 0) is 5.75 Å². The molecular weight excluding hydrogens is 282 g/mol. The van der Waals surface area contributed by atoms with Crippen LogP contribution in [0.5, 0.6) is 0 Å². The van der Waals surface area contributed by atoms with E-state index in [9.17, 15) is 5.11 Å². The molecule has 2 rings (SSSR count). The fourth-order valence-corrected chi connectivity index (χ4v) is 2.42. The number of rotatable bonds is 7. The van der Waals surface area contributed by atoms with Gasteiger partial charge in [-0.25, -0.2) is 0 Å². The van der Waals surface area contributed by atoms with Crippen molar-refractivity contribution in [3.63, 3.8) is 0 Å². The highest BCUT2D eigenvalue weighted by Gasteiger charge is 2.02. The summed E-state index contributed by atoms with van der Waals surface area (Å²) in [5.74, 6) is 2.03. The van der Waals surface area contributed by atoms with Crippen LogP contribution in [0.3, 0.4) is 0 Å². The molecule has 0 radical (unpaired) electrons. The largest absolute Gasteiger partial charge is 0.468 e. The average molecular weight is 298 g/mol. The number of hydrogen-bond acceptors (Lipinski definition) is 4. The number of alkyl halides is 1. The molecule has 0 saturated carbocycles.